The van der Waals surface area contributed by atoms with Crippen molar-refractivity contribution in [1.82, 2.24) is 0 Å². The number of morpholine rings is 1. The zero-order valence-corrected chi connectivity index (χ0v) is 11.9. The second-order valence-electron chi connectivity index (χ2n) is 5.53. The fourth-order valence-corrected chi connectivity index (χ4v) is 2.46. The maximum atomic E-state index is 11.8. The van der Waals surface area contributed by atoms with Crippen molar-refractivity contribution in [3.8, 4) is 0 Å². The van der Waals surface area contributed by atoms with Gasteiger partial charge in [-0.15, -0.1) is 0 Å². The van der Waals surface area contributed by atoms with Crippen molar-refractivity contribution >= 4 is 17.2 Å². The van der Waals surface area contributed by atoms with Gasteiger partial charge in [0.05, 0.1) is 23.7 Å². The van der Waals surface area contributed by atoms with E-state index in [-0.39, 0.29) is 17.0 Å². The molecule has 0 amide bonds. The SMILES string of the molecule is CC(=O)c1cc([N+](=O)[O-])ccc1N1CCOCC1(C)C. The Morgan fingerprint density at radius 2 is 2.15 bits per heavy atom. The lowest BCUT2D eigenvalue weighted by Crippen LogP contribution is -2.53. The Morgan fingerprint density at radius 3 is 2.70 bits per heavy atom. The monoisotopic (exact) mass is 278 g/mol. The highest BCUT2D eigenvalue weighted by molar-refractivity contribution is 6.00. The van der Waals surface area contributed by atoms with Gasteiger partial charge in [0, 0.05) is 29.9 Å². The topological polar surface area (TPSA) is 72.7 Å². The number of anilines is 1. The first-order chi connectivity index (χ1) is 9.33. The minimum atomic E-state index is -0.485. The molecule has 0 spiro atoms. The van der Waals surface area contributed by atoms with Crippen LogP contribution in [0.3, 0.4) is 0 Å². The molecule has 0 bridgehead atoms. The fourth-order valence-electron chi connectivity index (χ4n) is 2.46. The average Bonchev–Trinajstić information content (AvgIpc) is 2.37. The molecule has 0 aromatic heterocycles. The van der Waals surface area contributed by atoms with Crippen molar-refractivity contribution in [3.63, 3.8) is 0 Å². The number of hydrogen-bond acceptors (Lipinski definition) is 5. The van der Waals surface area contributed by atoms with Gasteiger partial charge in [0.25, 0.3) is 5.69 Å². The maximum absolute atomic E-state index is 11.8. The number of rotatable bonds is 3. The third kappa shape index (κ3) is 2.65. The molecule has 0 N–H and O–H groups in total. The molecular formula is C14H18N2O4. The van der Waals surface area contributed by atoms with Gasteiger partial charge in [-0.1, -0.05) is 0 Å². The quantitative estimate of drug-likeness (QED) is 0.482. The molecule has 0 unspecified atom stereocenters. The Bertz CT molecular complexity index is 554. The van der Waals surface area contributed by atoms with Crippen molar-refractivity contribution in [2.75, 3.05) is 24.7 Å². The molecule has 1 aromatic carbocycles. The van der Waals surface area contributed by atoms with Gasteiger partial charge in [-0.2, -0.15) is 0 Å². The molecule has 108 valence electrons. The van der Waals surface area contributed by atoms with Crippen LogP contribution < -0.4 is 4.90 Å². The van der Waals surface area contributed by atoms with Gasteiger partial charge in [-0.05, 0) is 26.8 Å². The van der Waals surface area contributed by atoms with Crippen LogP contribution in [0.15, 0.2) is 18.2 Å². The van der Waals surface area contributed by atoms with Crippen molar-refractivity contribution in [2.24, 2.45) is 0 Å². The molecule has 1 aliphatic heterocycles. The number of nitro benzene ring substituents is 1. The van der Waals surface area contributed by atoms with E-state index in [1.54, 1.807) is 6.07 Å². The molecule has 1 fully saturated rings. The van der Waals surface area contributed by atoms with E-state index in [9.17, 15) is 14.9 Å². The van der Waals surface area contributed by atoms with E-state index in [0.717, 1.165) is 5.69 Å². The summed E-state index contributed by atoms with van der Waals surface area (Å²) in [5.41, 5.74) is 0.800. The molecule has 0 atom stereocenters. The zero-order valence-electron chi connectivity index (χ0n) is 11.9. The summed E-state index contributed by atoms with van der Waals surface area (Å²) in [6.07, 6.45) is 0. The minimum Gasteiger partial charge on any atom is -0.377 e. The summed E-state index contributed by atoms with van der Waals surface area (Å²) in [5.74, 6) is -0.175. The number of nitrogens with zero attached hydrogens (tertiary/aromatic N) is 2. The second-order valence-corrected chi connectivity index (χ2v) is 5.53. The molecule has 0 radical (unpaired) electrons. The fraction of sp³-hybridized carbons (Fsp3) is 0.500. The summed E-state index contributed by atoms with van der Waals surface area (Å²) in [6, 6.07) is 4.44. The number of benzene rings is 1. The first kappa shape index (κ1) is 14.5. The highest BCUT2D eigenvalue weighted by Crippen LogP contribution is 2.32. The van der Waals surface area contributed by atoms with Gasteiger partial charge in [0.15, 0.2) is 5.78 Å². The Morgan fingerprint density at radius 1 is 1.45 bits per heavy atom. The van der Waals surface area contributed by atoms with Crippen molar-refractivity contribution in [1.29, 1.82) is 0 Å². The van der Waals surface area contributed by atoms with E-state index in [1.807, 2.05) is 13.8 Å². The molecule has 20 heavy (non-hydrogen) atoms. The molecule has 1 heterocycles. The van der Waals surface area contributed by atoms with Crippen LogP contribution in [0, 0.1) is 10.1 Å². The number of ketones is 1. The van der Waals surface area contributed by atoms with Crippen molar-refractivity contribution < 1.29 is 14.5 Å². The lowest BCUT2D eigenvalue weighted by molar-refractivity contribution is -0.384. The molecule has 1 saturated heterocycles. The van der Waals surface area contributed by atoms with Crippen LogP contribution in [-0.4, -0.2) is 36.0 Å². The van der Waals surface area contributed by atoms with Crippen molar-refractivity contribution in [2.45, 2.75) is 26.3 Å². The van der Waals surface area contributed by atoms with Crippen LogP contribution in [0.25, 0.3) is 0 Å². The number of hydrogen-bond donors (Lipinski definition) is 0. The maximum Gasteiger partial charge on any atom is 0.270 e. The number of carbonyl (C=O) groups is 1. The molecule has 6 heteroatoms. The Hall–Kier alpha value is -1.95. The van der Waals surface area contributed by atoms with Gasteiger partial charge in [0.2, 0.25) is 0 Å². The minimum absolute atomic E-state index is 0.0648. The summed E-state index contributed by atoms with van der Waals surface area (Å²) in [4.78, 5) is 24.3. The molecule has 1 aromatic rings. The number of nitro groups is 1. The number of Topliss-reactive ketones (excluding diaryl/α,β-unsaturated/α-hetero) is 1. The van der Waals surface area contributed by atoms with E-state index in [4.69, 9.17) is 4.74 Å². The predicted molar refractivity (Wildman–Crippen MR) is 75.3 cm³/mol. The van der Waals surface area contributed by atoms with E-state index < -0.39 is 4.92 Å². The normalized spacial score (nSPS) is 17.9. The van der Waals surface area contributed by atoms with Gasteiger partial charge < -0.3 is 9.64 Å². The summed E-state index contributed by atoms with van der Waals surface area (Å²) in [7, 11) is 0. The van der Waals surface area contributed by atoms with Gasteiger partial charge >= 0.3 is 0 Å². The summed E-state index contributed by atoms with van der Waals surface area (Å²) >= 11 is 0. The Labute approximate surface area is 117 Å². The average molecular weight is 278 g/mol. The molecule has 6 nitrogen and oxygen atoms in total. The van der Waals surface area contributed by atoms with Crippen molar-refractivity contribution in [3.05, 3.63) is 33.9 Å². The van der Waals surface area contributed by atoms with Crippen LogP contribution in [0.5, 0.6) is 0 Å². The van der Waals surface area contributed by atoms with Crippen LogP contribution in [0.4, 0.5) is 11.4 Å². The smallest absolute Gasteiger partial charge is 0.270 e. The van der Waals surface area contributed by atoms with Gasteiger partial charge in [-0.25, -0.2) is 0 Å². The number of non-ortho nitro benzene ring substituents is 1. The Kier molecular flexibility index (Phi) is 3.76. The predicted octanol–water partition coefficient (Wildman–Crippen LogP) is 2.41. The third-order valence-electron chi connectivity index (χ3n) is 3.51. The van der Waals surface area contributed by atoms with E-state index in [1.165, 1.54) is 19.1 Å². The third-order valence-corrected chi connectivity index (χ3v) is 3.51. The summed E-state index contributed by atoms with van der Waals surface area (Å²) in [6.45, 7) is 7.27. The van der Waals surface area contributed by atoms with Crippen LogP contribution in [-0.2, 0) is 4.74 Å². The second kappa shape index (κ2) is 5.20. The van der Waals surface area contributed by atoms with E-state index in [0.29, 0.717) is 25.3 Å². The van der Waals surface area contributed by atoms with E-state index >= 15 is 0 Å². The van der Waals surface area contributed by atoms with Gasteiger partial charge in [-0.3, -0.25) is 14.9 Å². The molecular weight excluding hydrogens is 260 g/mol. The number of ether oxygens (including phenoxy) is 1. The first-order valence-corrected chi connectivity index (χ1v) is 6.48. The molecule has 1 aliphatic rings. The first-order valence-electron chi connectivity index (χ1n) is 6.48. The lowest BCUT2D eigenvalue weighted by atomic mass is 9.98. The number of carbonyl (C=O) groups excluding carboxylic acids is 1. The van der Waals surface area contributed by atoms with Crippen LogP contribution in [0.1, 0.15) is 31.1 Å². The summed E-state index contributed by atoms with van der Waals surface area (Å²) < 4.78 is 5.46. The standard InChI is InChI=1S/C14H18N2O4/c1-10(17)12-8-11(16(18)19)4-5-13(12)15-6-7-20-9-14(15,2)3/h4-5,8H,6-7,9H2,1-3H3. The van der Waals surface area contributed by atoms with Crippen LogP contribution >= 0.6 is 0 Å². The highest BCUT2D eigenvalue weighted by atomic mass is 16.6. The molecule has 0 aliphatic carbocycles. The molecule has 2 rings (SSSR count). The van der Waals surface area contributed by atoms with Gasteiger partial charge in [0.1, 0.15) is 0 Å². The van der Waals surface area contributed by atoms with E-state index in [2.05, 4.69) is 4.90 Å². The zero-order chi connectivity index (χ0) is 14.9. The Balaban J connectivity index is 2.50. The largest absolute Gasteiger partial charge is 0.377 e. The highest BCUT2D eigenvalue weighted by Gasteiger charge is 2.33. The molecule has 0 saturated carbocycles. The lowest BCUT2D eigenvalue weighted by Gasteiger charge is -2.44. The summed E-state index contributed by atoms with van der Waals surface area (Å²) in [5, 5.41) is 10.9. The van der Waals surface area contributed by atoms with Crippen LogP contribution in [0.2, 0.25) is 0 Å².